The third-order valence-electron chi connectivity index (χ3n) is 2.41. The van der Waals surface area contributed by atoms with Gasteiger partial charge in [-0.25, -0.2) is 4.39 Å². The molecule has 0 bridgehead atoms. The summed E-state index contributed by atoms with van der Waals surface area (Å²) in [7, 11) is 0. The highest BCUT2D eigenvalue weighted by Gasteiger charge is 2.15. The summed E-state index contributed by atoms with van der Waals surface area (Å²) < 4.78 is 13.0. The van der Waals surface area contributed by atoms with Crippen molar-refractivity contribution in [2.75, 3.05) is 0 Å². The molecule has 0 aliphatic rings. The van der Waals surface area contributed by atoms with Gasteiger partial charge in [-0.15, -0.1) is 0 Å². The van der Waals surface area contributed by atoms with E-state index >= 15 is 0 Å². The molecule has 14 heavy (non-hydrogen) atoms. The summed E-state index contributed by atoms with van der Waals surface area (Å²) in [5.74, 6) is -0.303. The first-order valence-electron chi connectivity index (χ1n) is 4.68. The monoisotopic (exact) mass is 216 g/mol. The molecule has 0 heterocycles. The van der Waals surface area contributed by atoms with E-state index in [2.05, 4.69) is 0 Å². The fourth-order valence-electron chi connectivity index (χ4n) is 1.30. The molecule has 0 radical (unpaired) electrons. The van der Waals surface area contributed by atoms with Crippen molar-refractivity contribution in [2.45, 2.75) is 26.4 Å². The van der Waals surface area contributed by atoms with Crippen molar-refractivity contribution in [3.63, 3.8) is 0 Å². The lowest BCUT2D eigenvalue weighted by Crippen LogP contribution is -2.08. The first-order valence-corrected chi connectivity index (χ1v) is 5.06. The number of benzene rings is 1. The number of rotatable bonds is 3. The lowest BCUT2D eigenvalue weighted by Gasteiger charge is -2.17. The minimum Gasteiger partial charge on any atom is -0.388 e. The Balaban J connectivity index is 2.94. The van der Waals surface area contributed by atoms with Gasteiger partial charge in [0.05, 0.1) is 6.10 Å². The molecule has 1 rings (SSSR count). The molecule has 1 nitrogen and oxygen atoms in total. The second kappa shape index (κ2) is 4.76. The van der Waals surface area contributed by atoms with Crippen LogP contribution in [0.4, 0.5) is 4.39 Å². The average Bonchev–Trinajstić information content (AvgIpc) is 2.14. The van der Waals surface area contributed by atoms with Crippen LogP contribution in [0.3, 0.4) is 0 Å². The summed E-state index contributed by atoms with van der Waals surface area (Å²) in [5.41, 5.74) is 0.546. The predicted molar refractivity (Wildman–Crippen MR) is 55.8 cm³/mol. The highest BCUT2D eigenvalue weighted by molar-refractivity contribution is 6.30. The van der Waals surface area contributed by atoms with E-state index in [9.17, 15) is 9.50 Å². The third kappa shape index (κ3) is 2.69. The molecule has 0 aliphatic carbocycles. The average molecular weight is 217 g/mol. The van der Waals surface area contributed by atoms with Crippen molar-refractivity contribution in [3.8, 4) is 0 Å². The molecule has 0 amide bonds. The highest BCUT2D eigenvalue weighted by atomic mass is 35.5. The molecular formula is C11H14ClFO. The fraction of sp³-hybridized carbons (Fsp3) is 0.455. The molecule has 0 saturated heterocycles. The van der Waals surface area contributed by atoms with Crippen LogP contribution in [0.15, 0.2) is 18.2 Å². The minimum atomic E-state index is -0.645. The van der Waals surface area contributed by atoms with Gasteiger partial charge in [0.25, 0.3) is 0 Å². The third-order valence-corrected chi connectivity index (χ3v) is 2.63. The van der Waals surface area contributed by atoms with Gasteiger partial charge in [-0.2, -0.15) is 0 Å². The van der Waals surface area contributed by atoms with Crippen LogP contribution in [0.2, 0.25) is 5.02 Å². The van der Waals surface area contributed by atoms with E-state index in [0.717, 1.165) is 6.42 Å². The molecule has 78 valence electrons. The van der Waals surface area contributed by atoms with Crippen molar-refractivity contribution in [2.24, 2.45) is 5.92 Å². The lowest BCUT2D eigenvalue weighted by atomic mass is 9.95. The van der Waals surface area contributed by atoms with E-state index in [1.807, 2.05) is 13.8 Å². The minimum absolute atomic E-state index is 0.105. The lowest BCUT2D eigenvalue weighted by molar-refractivity contribution is 0.115. The zero-order chi connectivity index (χ0) is 10.7. The van der Waals surface area contributed by atoms with Gasteiger partial charge >= 0.3 is 0 Å². The van der Waals surface area contributed by atoms with Crippen molar-refractivity contribution in [3.05, 3.63) is 34.6 Å². The second-order valence-corrected chi connectivity index (χ2v) is 3.97. The molecule has 0 fully saturated rings. The van der Waals surface area contributed by atoms with E-state index in [1.54, 1.807) is 6.07 Å². The Morgan fingerprint density at radius 3 is 2.57 bits per heavy atom. The maximum atomic E-state index is 13.0. The van der Waals surface area contributed by atoms with Gasteiger partial charge in [0.15, 0.2) is 0 Å². The van der Waals surface area contributed by atoms with Crippen LogP contribution in [0.25, 0.3) is 0 Å². The molecule has 0 spiro atoms. The summed E-state index contributed by atoms with van der Waals surface area (Å²) in [6, 6.07) is 4.15. The van der Waals surface area contributed by atoms with Crippen LogP contribution >= 0.6 is 11.6 Å². The van der Waals surface area contributed by atoms with Crippen LogP contribution in [0.5, 0.6) is 0 Å². The van der Waals surface area contributed by atoms with Crippen molar-refractivity contribution < 1.29 is 9.50 Å². The Morgan fingerprint density at radius 2 is 2.07 bits per heavy atom. The maximum absolute atomic E-state index is 13.0. The van der Waals surface area contributed by atoms with Crippen LogP contribution in [-0.2, 0) is 0 Å². The van der Waals surface area contributed by atoms with Crippen molar-refractivity contribution in [1.82, 2.24) is 0 Å². The van der Waals surface area contributed by atoms with Crippen LogP contribution in [-0.4, -0.2) is 5.11 Å². The molecule has 0 aromatic heterocycles. The van der Waals surface area contributed by atoms with Gasteiger partial charge in [-0.1, -0.05) is 31.9 Å². The van der Waals surface area contributed by atoms with Crippen molar-refractivity contribution >= 4 is 11.6 Å². The summed E-state index contributed by atoms with van der Waals surface area (Å²) in [6.07, 6.45) is 0.197. The largest absolute Gasteiger partial charge is 0.388 e. The Morgan fingerprint density at radius 1 is 1.43 bits per heavy atom. The summed E-state index contributed by atoms with van der Waals surface area (Å²) in [6.45, 7) is 3.90. The first-order chi connectivity index (χ1) is 6.54. The number of aliphatic hydroxyl groups excluding tert-OH is 1. The summed E-state index contributed by atoms with van der Waals surface area (Å²) >= 11 is 5.69. The van der Waals surface area contributed by atoms with Gasteiger partial charge < -0.3 is 5.11 Å². The molecule has 0 aliphatic heterocycles. The number of hydrogen-bond donors (Lipinski definition) is 1. The normalized spacial score (nSPS) is 15.2. The molecule has 2 atom stereocenters. The van der Waals surface area contributed by atoms with E-state index in [-0.39, 0.29) is 5.92 Å². The Kier molecular flexibility index (Phi) is 3.90. The fourth-order valence-corrected chi connectivity index (χ4v) is 1.53. The van der Waals surface area contributed by atoms with Gasteiger partial charge in [-0.3, -0.25) is 0 Å². The topological polar surface area (TPSA) is 20.2 Å². The quantitative estimate of drug-likeness (QED) is 0.819. The molecule has 1 N–H and O–H groups in total. The van der Waals surface area contributed by atoms with E-state index in [4.69, 9.17) is 11.6 Å². The van der Waals surface area contributed by atoms with Gasteiger partial charge in [0.1, 0.15) is 5.82 Å². The number of halogens is 2. The van der Waals surface area contributed by atoms with E-state index < -0.39 is 11.9 Å². The smallest absolute Gasteiger partial charge is 0.125 e. The number of hydrogen-bond acceptors (Lipinski definition) is 1. The SMILES string of the molecule is CCC(C)C(O)c1cc(F)cc(Cl)c1. The Labute approximate surface area is 88.5 Å². The van der Waals surface area contributed by atoms with Gasteiger partial charge in [0.2, 0.25) is 0 Å². The molecule has 3 heteroatoms. The molecule has 0 saturated carbocycles. The maximum Gasteiger partial charge on any atom is 0.125 e. The first kappa shape index (κ1) is 11.5. The molecule has 2 unspecified atom stereocenters. The molecule has 1 aromatic rings. The summed E-state index contributed by atoms with van der Waals surface area (Å²) in [4.78, 5) is 0. The van der Waals surface area contributed by atoms with Crippen molar-refractivity contribution in [1.29, 1.82) is 0 Å². The van der Waals surface area contributed by atoms with Crippen LogP contribution in [0.1, 0.15) is 31.9 Å². The summed E-state index contributed by atoms with van der Waals surface area (Å²) in [5, 5.41) is 10.1. The molecular weight excluding hydrogens is 203 g/mol. The zero-order valence-electron chi connectivity index (χ0n) is 8.30. The van der Waals surface area contributed by atoms with Gasteiger partial charge in [-0.05, 0) is 29.7 Å². The standard InChI is InChI=1S/C11H14ClFO/c1-3-7(2)11(14)8-4-9(12)6-10(13)5-8/h4-7,11,14H,3H2,1-2H3. The zero-order valence-corrected chi connectivity index (χ0v) is 9.05. The molecule has 1 aromatic carbocycles. The van der Waals surface area contributed by atoms with Gasteiger partial charge in [0, 0.05) is 5.02 Å². The number of aliphatic hydroxyl groups is 1. The highest BCUT2D eigenvalue weighted by Crippen LogP contribution is 2.26. The van der Waals surface area contributed by atoms with Crippen LogP contribution in [0, 0.1) is 11.7 Å². The van der Waals surface area contributed by atoms with E-state index in [0.29, 0.717) is 10.6 Å². The Hall–Kier alpha value is -0.600. The predicted octanol–water partition coefficient (Wildman–Crippen LogP) is 3.56. The van der Waals surface area contributed by atoms with Crippen LogP contribution < -0.4 is 0 Å². The van der Waals surface area contributed by atoms with E-state index in [1.165, 1.54) is 12.1 Å². The second-order valence-electron chi connectivity index (χ2n) is 3.53. The Bertz CT molecular complexity index is 294.